The first kappa shape index (κ1) is 17.0. The first-order valence-electron chi connectivity index (χ1n) is 7.76. The highest BCUT2D eigenvalue weighted by Gasteiger charge is 2.20. The number of ether oxygens (including phenoxy) is 2. The Labute approximate surface area is 151 Å². The molecule has 0 amide bonds. The lowest BCUT2D eigenvalue weighted by molar-refractivity contribution is -0.150. The zero-order valence-electron chi connectivity index (χ0n) is 13.3. The smallest absolute Gasteiger partial charge is 0.345 e. The minimum Gasteiger partial charge on any atom is -0.482 e. The van der Waals surface area contributed by atoms with Gasteiger partial charge in [0, 0.05) is 11.2 Å². The van der Waals surface area contributed by atoms with Crippen molar-refractivity contribution >= 4 is 17.6 Å². The Kier molecular flexibility index (Phi) is 5.65. The van der Waals surface area contributed by atoms with Crippen LogP contribution in [0.1, 0.15) is 17.4 Å². The summed E-state index contributed by atoms with van der Waals surface area (Å²) in [5.74, 6) is 0.0740. The Morgan fingerprint density at radius 2 is 1.68 bits per heavy atom. The topological polar surface area (TPSA) is 48.4 Å². The summed E-state index contributed by atoms with van der Waals surface area (Å²) < 4.78 is 11.1. The number of esters is 1. The molecule has 1 heterocycles. The van der Waals surface area contributed by atoms with Crippen LogP contribution in [0, 0.1) is 0 Å². The fourth-order valence-electron chi connectivity index (χ4n) is 2.30. The van der Waals surface area contributed by atoms with E-state index in [-0.39, 0.29) is 6.61 Å². The minimum absolute atomic E-state index is 0.197. The average molecular weight is 354 g/mol. The summed E-state index contributed by atoms with van der Waals surface area (Å²) >= 11 is 5.82. The number of aromatic nitrogens is 1. The molecule has 0 bridgehead atoms. The molecule has 0 aliphatic heterocycles. The largest absolute Gasteiger partial charge is 0.482 e. The number of rotatable bonds is 6. The number of carbonyl (C=O) groups is 1. The Morgan fingerprint density at radius 3 is 2.36 bits per heavy atom. The van der Waals surface area contributed by atoms with Crippen molar-refractivity contribution in [1.82, 2.24) is 4.98 Å². The number of benzene rings is 2. The third kappa shape index (κ3) is 4.81. The van der Waals surface area contributed by atoms with Gasteiger partial charge >= 0.3 is 5.97 Å². The van der Waals surface area contributed by atoms with Crippen LogP contribution in [0.2, 0.25) is 5.02 Å². The van der Waals surface area contributed by atoms with E-state index in [1.165, 1.54) is 0 Å². The second-order valence-corrected chi connectivity index (χ2v) is 5.71. The predicted molar refractivity (Wildman–Crippen MR) is 95.6 cm³/mol. The lowest BCUT2D eigenvalue weighted by Crippen LogP contribution is -2.19. The molecule has 2 aromatic carbocycles. The zero-order valence-corrected chi connectivity index (χ0v) is 14.1. The van der Waals surface area contributed by atoms with E-state index in [1.54, 1.807) is 30.5 Å². The third-order valence-corrected chi connectivity index (χ3v) is 3.73. The van der Waals surface area contributed by atoms with Crippen LogP contribution in [0.3, 0.4) is 0 Å². The van der Waals surface area contributed by atoms with E-state index in [9.17, 15) is 4.79 Å². The summed E-state index contributed by atoms with van der Waals surface area (Å²) in [5, 5.41) is 0.606. The van der Waals surface area contributed by atoms with E-state index in [1.807, 2.05) is 48.5 Å². The molecule has 3 aromatic rings. The lowest BCUT2D eigenvalue weighted by atomic mass is 10.1. The highest BCUT2D eigenvalue weighted by molar-refractivity contribution is 6.30. The first-order valence-corrected chi connectivity index (χ1v) is 8.14. The summed E-state index contributed by atoms with van der Waals surface area (Å²) in [7, 11) is 0. The molecular weight excluding hydrogens is 338 g/mol. The maximum Gasteiger partial charge on any atom is 0.345 e. The summed E-state index contributed by atoms with van der Waals surface area (Å²) in [6.07, 6.45) is 1.09. The van der Waals surface area contributed by atoms with Gasteiger partial charge in [0.2, 0.25) is 0 Å². The Morgan fingerprint density at radius 1 is 0.960 bits per heavy atom. The maximum absolute atomic E-state index is 12.2. The second kappa shape index (κ2) is 8.31. The molecule has 0 spiro atoms. The Bertz CT molecular complexity index is 768. The van der Waals surface area contributed by atoms with Crippen LogP contribution in [0.4, 0.5) is 0 Å². The van der Waals surface area contributed by atoms with Gasteiger partial charge in [0.05, 0.1) is 5.69 Å². The van der Waals surface area contributed by atoms with Gasteiger partial charge in [-0.15, -0.1) is 0 Å². The van der Waals surface area contributed by atoms with Gasteiger partial charge in [0.25, 0.3) is 0 Å². The SMILES string of the molecule is O=C(COc1ccc(Cl)cc1)OC(c1ccccc1)c1ccccn1. The number of halogens is 1. The average Bonchev–Trinajstić information content (AvgIpc) is 2.67. The molecule has 0 fully saturated rings. The van der Waals surface area contributed by atoms with E-state index < -0.39 is 12.1 Å². The van der Waals surface area contributed by atoms with Crippen molar-refractivity contribution < 1.29 is 14.3 Å². The van der Waals surface area contributed by atoms with Crippen LogP contribution < -0.4 is 4.74 Å². The van der Waals surface area contributed by atoms with Gasteiger partial charge in [-0.05, 0) is 42.0 Å². The quantitative estimate of drug-likeness (QED) is 0.614. The number of pyridine rings is 1. The van der Waals surface area contributed by atoms with Crippen LogP contribution in [0.15, 0.2) is 79.0 Å². The van der Waals surface area contributed by atoms with E-state index in [2.05, 4.69) is 4.98 Å². The maximum atomic E-state index is 12.2. The van der Waals surface area contributed by atoms with Crippen LogP contribution >= 0.6 is 11.6 Å². The van der Waals surface area contributed by atoms with Crippen LogP contribution in [0.25, 0.3) is 0 Å². The van der Waals surface area contributed by atoms with Crippen molar-refractivity contribution in [3.63, 3.8) is 0 Å². The predicted octanol–water partition coefficient (Wildman–Crippen LogP) is 4.45. The molecule has 0 radical (unpaired) electrons. The molecule has 4 nitrogen and oxygen atoms in total. The normalized spacial score (nSPS) is 11.6. The number of nitrogens with zero attached hydrogens (tertiary/aromatic N) is 1. The summed E-state index contributed by atoms with van der Waals surface area (Å²) in [6, 6.07) is 21.8. The fraction of sp³-hybridized carbons (Fsp3) is 0.100. The van der Waals surface area contributed by atoms with Crippen molar-refractivity contribution in [3.8, 4) is 5.75 Å². The molecule has 1 aromatic heterocycles. The molecule has 0 aliphatic carbocycles. The number of hydrogen-bond acceptors (Lipinski definition) is 4. The van der Waals surface area contributed by atoms with Gasteiger partial charge in [-0.25, -0.2) is 4.79 Å². The number of hydrogen-bond donors (Lipinski definition) is 0. The molecule has 25 heavy (non-hydrogen) atoms. The van der Waals surface area contributed by atoms with Gasteiger partial charge in [-0.3, -0.25) is 4.98 Å². The molecule has 5 heteroatoms. The zero-order chi connectivity index (χ0) is 17.5. The van der Waals surface area contributed by atoms with Crippen molar-refractivity contribution in [2.75, 3.05) is 6.61 Å². The standard InChI is InChI=1S/C20H16ClNO3/c21-16-9-11-17(12-10-16)24-14-19(23)25-20(15-6-2-1-3-7-15)18-8-4-5-13-22-18/h1-13,20H,14H2. The van der Waals surface area contributed by atoms with Gasteiger partial charge in [0.15, 0.2) is 12.7 Å². The summed E-state index contributed by atoms with van der Waals surface area (Å²) in [5.41, 5.74) is 1.51. The molecule has 0 aliphatic rings. The third-order valence-electron chi connectivity index (χ3n) is 3.48. The Balaban J connectivity index is 1.69. The van der Waals surface area contributed by atoms with E-state index >= 15 is 0 Å². The highest BCUT2D eigenvalue weighted by atomic mass is 35.5. The van der Waals surface area contributed by atoms with Crippen molar-refractivity contribution in [2.45, 2.75) is 6.10 Å². The van der Waals surface area contributed by atoms with Crippen molar-refractivity contribution in [2.24, 2.45) is 0 Å². The van der Waals surface area contributed by atoms with Crippen LogP contribution in [0.5, 0.6) is 5.75 Å². The minimum atomic E-state index is -0.580. The van der Waals surface area contributed by atoms with Crippen LogP contribution in [-0.4, -0.2) is 17.6 Å². The Hall–Kier alpha value is -2.85. The van der Waals surface area contributed by atoms with Gasteiger partial charge in [-0.2, -0.15) is 0 Å². The second-order valence-electron chi connectivity index (χ2n) is 5.28. The van der Waals surface area contributed by atoms with E-state index in [4.69, 9.17) is 21.1 Å². The molecule has 1 unspecified atom stereocenters. The molecule has 1 atom stereocenters. The van der Waals surface area contributed by atoms with Gasteiger partial charge in [0.1, 0.15) is 5.75 Å². The van der Waals surface area contributed by atoms with Crippen LogP contribution in [-0.2, 0) is 9.53 Å². The molecule has 126 valence electrons. The van der Waals surface area contributed by atoms with E-state index in [0.29, 0.717) is 16.5 Å². The monoisotopic (exact) mass is 353 g/mol. The molecule has 0 saturated carbocycles. The number of carbonyl (C=O) groups excluding carboxylic acids is 1. The summed E-state index contributed by atoms with van der Waals surface area (Å²) in [6.45, 7) is -0.197. The highest BCUT2D eigenvalue weighted by Crippen LogP contribution is 2.24. The summed E-state index contributed by atoms with van der Waals surface area (Å²) in [4.78, 5) is 16.5. The fourth-order valence-corrected chi connectivity index (χ4v) is 2.42. The van der Waals surface area contributed by atoms with Crippen molar-refractivity contribution in [1.29, 1.82) is 0 Å². The molecule has 0 saturated heterocycles. The molecule has 3 rings (SSSR count). The van der Waals surface area contributed by atoms with Gasteiger partial charge in [-0.1, -0.05) is 48.0 Å². The molecule has 0 N–H and O–H groups in total. The lowest BCUT2D eigenvalue weighted by Gasteiger charge is -2.18. The first-order chi connectivity index (χ1) is 12.2. The van der Waals surface area contributed by atoms with Crippen molar-refractivity contribution in [3.05, 3.63) is 95.3 Å². The molecular formula is C20H16ClNO3. The van der Waals surface area contributed by atoms with E-state index in [0.717, 1.165) is 5.56 Å². The van der Waals surface area contributed by atoms with Gasteiger partial charge < -0.3 is 9.47 Å².